The Morgan fingerprint density at radius 2 is 1.93 bits per heavy atom. The third kappa shape index (κ3) is 3.96. The van der Waals surface area contributed by atoms with Gasteiger partial charge in [-0.3, -0.25) is 10.1 Å². The van der Waals surface area contributed by atoms with Crippen molar-refractivity contribution < 1.29 is 21.9 Å². The van der Waals surface area contributed by atoms with E-state index in [4.69, 9.17) is 0 Å². The van der Waals surface area contributed by atoms with Crippen LogP contribution < -0.4 is 22.3 Å². The van der Waals surface area contributed by atoms with E-state index in [2.05, 4.69) is 44.3 Å². The van der Waals surface area contributed by atoms with Gasteiger partial charge in [0.15, 0.2) is 10.3 Å². The highest BCUT2D eigenvalue weighted by Gasteiger charge is 2.39. The third-order valence-electron chi connectivity index (χ3n) is 4.61. The van der Waals surface area contributed by atoms with Crippen molar-refractivity contribution in [3.8, 4) is 11.1 Å². The van der Waals surface area contributed by atoms with Gasteiger partial charge in [-0.1, -0.05) is 35.5 Å². The Kier molecular flexibility index (Phi) is 6.14. The number of rotatable bonds is 4. The van der Waals surface area contributed by atoms with Gasteiger partial charge in [0.05, 0.1) is 16.0 Å². The number of benzene rings is 2. The Morgan fingerprint density at radius 3 is 2.61 bits per heavy atom. The molecular weight excluding hydrogens is 476 g/mol. The van der Waals surface area contributed by atoms with Gasteiger partial charge in [0.2, 0.25) is 0 Å². The number of hydrogen-bond donors (Lipinski definition) is 1. The summed E-state index contributed by atoms with van der Waals surface area (Å²) in [7, 11) is 3.66. The maximum absolute atomic E-state index is 10.8. The fourth-order valence-electron chi connectivity index (χ4n) is 3.23. The summed E-state index contributed by atoms with van der Waals surface area (Å²) in [5, 5.41) is 14.5. The summed E-state index contributed by atoms with van der Waals surface area (Å²) in [6.07, 6.45) is 0. The Bertz CT molecular complexity index is 1030. The zero-order valence-corrected chi connectivity index (χ0v) is 19.7. The highest BCUT2D eigenvalue weighted by Crippen LogP contribution is 2.53. The molecule has 0 atom stereocenters. The number of nitrogens with one attached hydrogen (secondary N) is 1. The molecule has 0 bridgehead atoms. The van der Waals surface area contributed by atoms with Gasteiger partial charge in [-0.25, -0.2) is 0 Å². The molecule has 0 saturated heterocycles. The summed E-state index contributed by atoms with van der Waals surface area (Å²) in [5.74, 6) is 0.798. The molecule has 1 aliphatic heterocycles. The van der Waals surface area contributed by atoms with Gasteiger partial charge in [-0.15, -0.1) is 0 Å². The first-order valence-corrected chi connectivity index (χ1v) is 11.7. The highest BCUT2D eigenvalue weighted by atomic mass is 79.9. The Labute approximate surface area is 186 Å². The summed E-state index contributed by atoms with van der Waals surface area (Å²) in [4.78, 5) is 11.8. The number of thioether (sulfide) groups is 1. The van der Waals surface area contributed by atoms with Crippen LogP contribution in [0.15, 0.2) is 46.7 Å². The Balaban J connectivity index is 0.00000225. The normalized spacial score (nSPS) is 13.7. The maximum atomic E-state index is 10.8. The zero-order chi connectivity index (χ0) is 19.2. The monoisotopic (exact) mass is 494 g/mol. The molecule has 2 heterocycles. The van der Waals surface area contributed by atoms with Gasteiger partial charge in [-0.05, 0) is 38.5 Å². The number of nitro groups is 1. The van der Waals surface area contributed by atoms with E-state index >= 15 is 0 Å². The molecule has 4 rings (SSSR count). The lowest BCUT2D eigenvalue weighted by Crippen LogP contribution is -3.00. The number of nitrogens with zero attached hydrogens (tertiary/aromatic N) is 1. The second-order valence-electron chi connectivity index (χ2n) is 7.17. The van der Waals surface area contributed by atoms with E-state index in [1.807, 2.05) is 44.6 Å². The first-order valence-electron chi connectivity index (χ1n) is 8.57. The minimum absolute atomic E-state index is 0. The molecule has 146 valence electrons. The minimum atomic E-state index is -0.359. The summed E-state index contributed by atoms with van der Waals surface area (Å²) >= 11 is 1.81. The second kappa shape index (κ2) is 8.10. The molecule has 0 fully saturated rings. The van der Waals surface area contributed by atoms with Crippen molar-refractivity contribution in [2.75, 3.05) is 5.32 Å². The fraction of sp³-hybridized carbons (Fsp3) is 0.250. The molecule has 0 radical (unpaired) electrons. The standard InChI is InChI=1S/C20H19N2O2S3.BrH/c1-12-4-9-16-15(10-12)17-18(20(2,3)21-16)26-27-19(17)25-11-13-5-7-14(8-6-13)22(23)24;/h4-10,21H,11H2,1-3H3;1H/q+1;/p-1. The van der Waals surface area contributed by atoms with Crippen LogP contribution in [0.25, 0.3) is 11.1 Å². The molecule has 0 unspecified atom stereocenters. The average Bonchev–Trinajstić information content (AvgIpc) is 3.06. The van der Waals surface area contributed by atoms with Gasteiger partial charge in [0.1, 0.15) is 4.88 Å². The SMILES string of the molecule is Cc1ccc2c(c1)-c1c(s[s+]c1SCc1ccc([N+](=O)[O-])cc1)C(C)(C)N2.[Br-]. The van der Waals surface area contributed by atoms with Crippen LogP contribution >= 0.6 is 32.4 Å². The molecule has 8 heteroatoms. The molecule has 28 heavy (non-hydrogen) atoms. The van der Waals surface area contributed by atoms with Crippen LogP contribution in [0.1, 0.15) is 29.9 Å². The van der Waals surface area contributed by atoms with Gasteiger partial charge >= 0.3 is 10.3 Å². The van der Waals surface area contributed by atoms with Gasteiger partial charge in [0, 0.05) is 29.1 Å². The van der Waals surface area contributed by atoms with Crippen LogP contribution in [0.4, 0.5) is 11.4 Å². The summed E-state index contributed by atoms with van der Waals surface area (Å²) in [5.41, 5.74) is 6.19. The van der Waals surface area contributed by atoms with Crippen molar-refractivity contribution >= 4 is 43.8 Å². The van der Waals surface area contributed by atoms with Crippen molar-refractivity contribution in [1.29, 1.82) is 0 Å². The lowest BCUT2D eigenvalue weighted by molar-refractivity contribution is -0.384. The fourth-order valence-corrected chi connectivity index (χ4v) is 7.93. The minimum Gasteiger partial charge on any atom is -1.00 e. The molecular formula is C20H19BrN2O2S3. The predicted octanol–water partition coefficient (Wildman–Crippen LogP) is 3.93. The van der Waals surface area contributed by atoms with Crippen LogP contribution in [0.3, 0.4) is 0 Å². The zero-order valence-electron chi connectivity index (χ0n) is 15.6. The first kappa shape index (κ1) is 21.2. The van der Waals surface area contributed by atoms with Crippen LogP contribution in [-0.4, -0.2) is 4.92 Å². The number of hydrogen-bond acceptors (Lipinski definition) is 5. The summed E-state index contributed by atoms with van der Waals surface area (Å²) in [6.45, 7) is 6.57. The maximum Gasteiger partial charge on any atom is 0.308 e. The number of non-ortho nitro benzene ring substituents is 1. The quantitative estimate of drug-likeness (QED) is 0.196. The van der Waals surface area contributed by atoms with Crippen molar-refractivity contribution in [3.05, 3.63) is 68.6 Å². The van der Waals surface area contributed by atoms with Crippen molar-refractivity contribution in [2.45, 2.75) is 36.3 Å². The number of aryl methyl sites for hydroxylation is 1. The smallest absolute Gasteiger partial charge is 0.308 e. The van der Waals surface area contributed by atoms with Crippen LogP contribution in [0, 0.1) is 17.0 Å². The Hall–Kier alpha value is -1.48. The van der Waals surface area contributed by atoms with Crippen LogP contribution in [0.2, 0.25) is 0 Å². The van der Waals surface area contributed by atoms with E-state index in [9.17, 15) is 10.1 Å². The highest BCUT2D eigenvalue weighted by molar-refractivity contribution is 8.02. The van der Waals surface area contributed by atoms with E-state index in [1.54, 1.807) is 12.1 Å². The summed E-state index contributed by atoms with van der Waals surface area (Å²) < 4.78 is 1.31. The van der Waals surface area contributed by atoms with E-state index in [1.165, 1.54) is 31.5 Å². The number of halogens is 1. The molecule has 2 aromatic carbocycles. The van der Waals surface area contributed by atoms with Gasteiger partial charge in [-0.2, -0.15) is 0 Å². The van der Waals surface area contributed by atoms with E-state index < -0.39 is 0 Å². The second-order valence-corrected chi connectivity index (χ2v) is 10.6. The third-order valence-corrected chi connectivity index (χ3v) is 9.04. The van der Waals surface area contributed by atoms with Crippen LogP contribution in [0.5, 0.6) is 0 Å². The van der Waals surface area contributed by atoms with Crippen molar-refractivity contribution in [1.82, 2.24) is 0 Å². The lowest BCUT2D eigenvalue weighted by atomic mass is 9.89. The topological polar surface area (TPSA) is 55.2 Å². The van der Waals surface area contributed by atoms with Crippen LogP contribution in [-0.2, 0) is 11.3 Å². The van der Waals surface area contributed by atoms with E-state index in [0.29, 0.717) is 0 Å². The Morgan fingerprint density at radius 1 is 1.21 bits per heavy atom. The number of fused-ring (bicyclic) bond motifs is 3. The van der Waals surface area contributed by atoms with Gasteiger partial charge in [0.25, 0.3) is 9.90 Å². The number of nitro benzene ring substituents is 1. The number of anilines is 1. The molecule has 0 saturated carbocycles. The molecule has 1 N–H and O–H groups in total. The lowest BCUT2D eigenvalue weighted by Gasteiger charge is -2.32. The molecule has 1 aliphatic rings. The van der Waals surface area contributed by atoms with Crippen molar-refractivity contribution in [3.63, 3.8) is 0 Å². The summed E-state index contributed by atoms with van der Waals surface area (Å²) in [6, 6.07) is 13.4. The van der Waals surface area contributed by atoms with E-state index in [0.717, 1.165) is 11.3 Å². The molecule has 0 amide bonds. The predicted molar refractivity (Wildman–Crippen MR) is 116 cm³/mol. The average molecular weight is 495 g/mol. The molecule has 0 aliphatic carbocycles. The molecule has 4 nitrogen and oxygen atoms in total. The van der Waals surface area contributed by atoms with Crippen molar-refractivity contribution in [2.24, 2.45) is 0 Å². The largest absolute Gasteiger partial charge is 1.00 e. The molecule has 0 spiro atoms. The molecule has 3 aromatic rings. The first-order chi connectivity index (χ1) is 12.8. The van der Waals surface area contributed by atoms with Gasteiger partial charge < -0.3 is 22.3 Å². The van der Waals surface area contributed by atoms with E-state index in [-0.39, 0.29) is 33.1 Å². The molecule has 1 aromatic heterocycles.